The highest BCUT2D eigenvalue weighted by atomic mass is 16.5. The first-order chi connectivity index (χ1) is 13.3. The van der Waals surface area contributed by atoms with E-state index in [1.165, 1.54) is 36.8 Å². The fourth-order valence-electron chi connectivity index (χ4n) is 4.06. The molecule has 2 aliphatic rings. The lowest BCUT2D eigenvalue weighted by Crippen LogP contribution is -2.32. The van der Waals surface area contributed by atoms with Gasteiger partial charge in [-0.25, -0.2) is 9.97 Å². The largest absolute Gasteiger partial charge is 0.493 e. The third kappa shape index (κ3) is 3.80. The molecule has 1 aromatic heterocycles. The van der Waals surface area contributed by atoms with Crippen LogP contribution in [-0.2, 0) is 13.0 Å². The lowest BCUT2D eigenvalue weighted by molar-refractivity contribution is 0.353. The average molecular weight is 368 g/mol. The van der Waals surface area contributed by atoms with Crippen molar-refractivity contribution in [3.63, 3.8) is 0 Å². The SMILES string of the molecule is COc1cc2c(cc1OC)CN(c1cc(N3CCCCCC3)ncn1)CC2. The number of anilines is 2. The summed E-state index contributed by atoms with van der Waals surface area (Å²) in [7, 11) is 3.37. The number of aromatic nitrogens is 2. The molecule has 0 atom stereocenters. The number of rotatable bonds is 4. The van der Waals surface area contributed by atoms with Gasteiger partial charge in [0.1, 0.15) is 18.0 Å². The Balaban J connectivity index is 1.56. The summed E-state index contributed by atoms with van der Waals surface area (Å²) < 4.78 is 10.9. The van der Waals surface area contributed by atoms with Crippen LogP contribution in [-0.4, -0.2) is 43.8 Å². The summed E-state index contributed by atoms with van der Waals surface area (Å²) in [6.07, 6.45) is 7.82. The van der Waals surface area contributed by atoms with Crippen LogP contribution in [0.1, 0.15) is 36.8 Å². The molecule has 2 aliphatic heterocycles. The summed E-state index contributed by atoms with van der Waals surface area (Å²) in [6.45, 7) is 3.96. The minimum atomic E-state index is 0.783. The Morgan fingerprint density at radius 2 is 1.37 bits per heavy atom. The molecule has 6 heteroatoms. The van der Waals surface area contributed by atoms with Crippen LogP contribution >= 0.6 is 0 Å². The van der Waals surface area contributed by atoms with Crippen molar-refractivity contribution >= 4 is 11.6 Å². The van der Waals surface area contributed by atoms with E-state index in [1.807, 2.05) is 0 Å². The van der Waals surface area contributed by atoms with Crippen molar-refractivity contribution in [1.82, 2.24) is 9.97 Å². The van der Waals surface area contributed by atoms with Gasteiger partial charge in [0.25, 0.3) is 0 Å². The Morgan fingerprint density at radius 1 is 0.741 bits per heavy atom. The van der Waals surface area contributed by atoms with E-state index in [0.717, 1.165) is 55.7 Å². The Bertz CT molecular complexity index is 788. The van der Waals surface area contributed by atoms with E-state index >= 15 is 0 Å². The molecule has 1 fully saturated rings. The number of hydrogen-bond acceptors (Lipinski definition) is 6. The first kappa shape index (κ1) is 17.9. The molecule has 1 saturated heterocycles. The number of fused-ring (bicyclic) bond motifs is 1. The normalized spacial score (nSPS) is 17.3. The predicted molar refractivity (Wildman–Crippen MR) is 107 cm³/mol. The zero-order valence-electron chi connectivity index (χ0n) is 16.3. The number of nitrogens with zero attached hydrogens (tertiary/aromatic N) is 4. The van der Waals surface area contributed by atoms with Gasteiger partial charge in [-0.1, -0.05) is 12.8 Å². The molecule has 6 nitrogen and oxygen atoms in total. The highest BCUT2D eigenvalue weighted by Gasteiger charge is 2.21. The van der Waals surface area contributed by atoms with Gasteiger partial charge in [0.15, 0.2) is 11.5 Å². The number of benzene rings is 1. The maximum Gasteiger partial charge on any atom is 0.161 e. The van der Waals surface area contributed by atoms with E-state index in [-0.39, 0.29) is 0 Å². The van der Waals surface area contributed by atoms with Crippen molar-refractivity contribution in [3.05, 3.63) is 35.7 Å². The van der Waals surface area contributed by atoms with Crippen molar-refractivity contribution in [1.29, 1.82) is 0 Å². The van der Waals surface area contributed by atoms with Crippen molar-refractivity contribution in [2.45, 2.75) is 38.6 Å². The lowest BCUT2D eigenvalue weighted by atomic mass is 9.99. The molecule has 1 aromatic carbocycles. The van der Waals surface area contributed by atoms with Crippen molar-refractivity contribution in [2.24, 2.45) is 0 Å². The zero-order valence-corrected chi connectivity index (χ0v) is 16.3. The van der Waals surface area contributed by atoms with E-state index in [0.29, 0.717) is 0 Å². The minimum absolute atomic E-state index is 0.783. The molecule has 3 heterocycles. The second-order valence-corrected chi connectivity index (χ2v) is 7.28. The molecular weight excluding hydrogens is 340 g/mol. The summed E-state index contributed by atoms with van der Waals surface area (Å²) in [5.74, 6) is 3.64. The van der Waals surface area contributed by atoms with Gasteiger partial charge in [-0.3, -0.25) is 0 Å². The van der Waals surface area contributed by atoms with Crippen molar-refractivity contribution in [3.8, 4) is 11.5 Å². The van der Waals surface area contributed by atoms with Gasteiger partial charge >= 0.3 is 0 Å². The molecule has 0 saturated carbocycles. The highest BCUT2D eigenvalue weighted by molar-refractivity contribution is 5.54. The van der Waals surface area contributed by atoms with Crippen LogP contribution < -0.4 is 19.3 Å². The summed E-state index contributed by atoms with van der Waals surface area (Å²) in [6, 6.07) is 6.35. The molecule has 27 heavy (non-hydrogen) atoms. The van der Waals surface area contributed by atoms with E-state index in [4.69, 9.17) is 9.47 Å². The number of methoxy groups -OCH3 is 2. The van der Waals surface area contributed by atoms with Gasteiger partial charge in [-0.15, -0.1) is 0 Å². The van der Waals surface area contributed by atoms with Crippen LogP contribution in [0.3, 0.4) is 0 Å². The fourth-order valence-corrected chi connectivity index (χ4v) is 4.06. The van der Waals surface area contributed by atoms with Crippen LogP contribution in [0.25, 0.3) is 0 Å². The zero-order chi connectivity index (χ0) is 18.6. The molecule has 0 aliphatic carbocycles. The maximum absolute atomic E-state index is 5.48. The second-order valence-electron chi connectivity index (χ2n) is 7.28. The molecule has 0 N–H and O–H groups in total. The lowest BCUT2D eigenvalue weighted by Gasteiger charge is -2.31. The van der Waals surface area contributed by atoms with E-state index in [9.17, 15) is 0 Å². The first-order valence-corrected chi connectivity index (χ1v) is 9.84. The Hall–Kier alpha value is -2.50. The van der Waals surface area contributed by atoms with E-state index in [1.54, 1.807) is 20.5 Å². The van der Waals surface area contributed by atoms with Crippen LogP contribution in [0.15, 0.2) is 24.5 Å². The van der Waals surface area contributed by atoms with Crippen LogP contribution in [0.4, 0.5) is 11.6 Å². The molecule has 0 spiro atoms. The summed E-state index contributed by atoms with van der Waals surface area (Å²) in [5, 5.41) is 0. The minimum Gasteiger partial charge on any atom is -0.493 e. The van der Waals surface area contributed by atoms with Crippen LogP contribution in [0, 0.1) is 0 Å². The third-order valence-electron chi connectivity index (χ3n) is 5.61. The molecule has 0 radical (unpaired) electrons. The first-order valence-electron chi connectivity index (χ1n) is 9.84. The van der Waals surface area contributed by atoms with Gasteiger partial charge in [-0.05, 0) is 42.5 Å². The summed E-state index contributed by atoms with van der Waals surface area (Å²) in [5.41, 5.74) is 2.60. The summed E-state index contributed by atoms with van der Waals surface area (Å²) >= 11 is 0. The Morgan fingerprint density at radius 3 is 2.04 bits per heavy atom. The summed E-state index contributed by atoms with van der Waals surface area (Å²) in [4.78, 5) is 13.8. The maximum atomic E-state index is 5.48. The van der Waals surface area contributed by atoms with E-state index < -0.39 is 0 Å². The monoisotopic (exact) mass is 368 g/mol. The molecular formula is C21H28N4O2. The average Bonchev–Trinajstić information content (AvgIpc) is 3.02. The Labute approximate surface area is 161 Å². The van der Waals surface area contributed by atoms with E-state index in [2.05, 4.69) is 38.0 Å². The quantitative estimate of drug-likeness (QED) is 0.824. The van der Waals surface area contributed by atoms with Crippen LogP contribution in [0.2, 0.25) is 0 Å². The highest BCUT2D eigenvalue weighted by Crippen LogP contribution is 2.34. The Kier molecular flexibility index (Phi) is 5.32. The molecule has 144 valence electrons. The van der Waals surface area contributed by atoms with Gasteiger partial charge in [0, 0.05) is 32.2 Å². The second kappa shape index (κ2) is 8.03. The molecule has 2 aromatic rings. The number of ether oxygens (including phenoxy) is 2. The van der Waals surface area contributed by atoms with Gasteiger partial charge in [-0.2, -0.15) is 0 Å². The van der Waals surface area contributed by atoms with Crippen LogP contribution in [0.5, 0.6) is 11.5 Å². The molecule has 0 unspecified atom stereocenters. The fraction of sp³-hybridized carbons (Fsp3) is 0.524. The number of hydrogen-bond donors (Lipinski definition) is 0. The third-order valence-corrected chi connectivity index (χ3v) is 5.61. The topological polar surface area (TPSA) is 50.7 Å². The van der Waals surface area contributed by atoms with Gasteiger partial charge < -0.3 is 19.3 Å². The van der Waals surface area contributed by atoms with Gasteiger partial charge in [0.2, 0.25) is 0 Å². The van der Waals surface area contributed by atoms with Crippen molar-refractivity contribution in [2.75, 3.05) is 43.7 Å². The molecule has 4 rings (SSSR count). The smallest absolute Gasteiger partial charge is 0.161 e. The predicted octanol–water partition coefficient (Wildman–Crippen LogP) is 3.44. The molecule has 0 amide bonds. The van der Waals surface area contributed by atoms with Crippen molar-refractivity contribution < 1.29 is 9.47 Å². The van der Waals surface area contributed by atoms with Gasteiger partial charge in [0.05, 0.1) is 14.2 Å². The standard InChI is InChI=1S/C21H28N4O2/c1-26-18-11-16-7-10-25(14-17(16)12-19(18)27-2)21-13-20(22-15-23-21)24-8-5-3-4-6-9-24/h11-13,15H,3-10,14H2,1-2H3. The molecule has 0 bridgehead atoms.